The quantitative estimate of drug-likeness (QED) is 0.527. The summed E-state index contributed by atoms with van der Waals surface area (Å²) in [5, 5.41) is 9.19. The molecule has 1 heterocycles. The summed E-state index contributed by atoms with van der Waals surface area (Å²) in [7, 11) is -4.46. The Morgan fingerprint density at radius 1 is 1.65 bits per heavy atom. The maximum Gasteiger partial charge on any atom is 0.362 e. The molecular weight excluding hydrogens is 305 g/mol. The molecule has 0 aromatic carbocycles. The van der Waals surface area contributed by atoms with Crippen molar-refractivity contribution in [1.82, 2.24) is 4.98 Å². The van der Waals surface area contributed by atoms with Gasteiger partial charge in [0, 0.05) is 0 Å². The van der Waals surface area contributed by atoms with E-state index >= 15 is 0 Å². The number of thiazole rings is 1. The topological polar surface area (TPSA) is 147 Å². The first-order valence-electron chi connectivity index (χ1n) is 5.66. The number of nitrogens with zero attached hydrogens (tertiary/aromatic N) is 2. The van der Waals surface area contributed by atoms with Crippen molar-refractivity contribution in [3.63, 3.8) is 0 Å². The van der Waals surface area contributed by atoms with Crippen LogP contribution in [0.3, 0.4) is 0 Å². The van der Waals surface area contributed by atoms with Crippen LogP contribution in [0.25, 0.3) is 0 Å². The fourth-order valence-electron chi connectivity index (χ4n) is 1.49. The molecule has 10 heteroatoms. The summed E-state index contributed by atoms with van der Waals surface area (Å²) in [5.41, 5.74) is 5.37. The predicted octanol–water partition coefficient (Wildman–Crippen LogP) is 1.42. The molecule has 0 saturated carbocycles. The summed E-state index contributed by atoms with van der Waals surface area (Å²) in [6.07, 6.45) is 0.220. The molecule has 1 aromatic heterocycles. The number of carbonyl (C=O) groups is 1. The highest BCUT2D eigenvalue weighted by molar-refractivity contribution is 7.51. The average Bonchev–Trinajstić information content (AvgIpc) is 2.74. The lowest BCUT2D eigenvalue weighted by Gasteiger charge is -2.08. The zero-order valence-corrected chi connectivity index (χ0v) is 12.4. The first-order chi connectivity index (χ1) is 9.28. The van der Waals surface area contributed by atoms with E-state index in [1.807, 2.05) is 6.92 Å². The fourth-order valence-corrected chi connectivity index (χ4v) is 2.67. The number of anilines is 1. The summed E-state index contributed by atoms with van der Waals surface area (Å²) in [6, 6.07) is 2.05. The van der Waals surface area contributed by atoms with Crippen LogP contribution in [0.1, 0.15) is 41.0 Å². The van der Waals surface area contributed by atoms with Gasteiger partial charge < -0.3 is 20.3 Å². The molecule has 0 spiro atoms. The van der Waals surface area contributed by atoms with E-state index in [0.29, 0.717) is 11.3 Å². The van der Waals surface area contributed by atoms with Gasteiger partial charge in [0.05, 0.1) is 16.9 Å². The summed E-state index contributed by atoms with van der Waals surface area (Å²) in [6.45, 7) is 1.89. The summed E-state index contributed by atoms with van der Waals surface area (Å²) < 4.78 is 15.2. The molecule has 1 rings (SSSR count). The van der Waals surface area contributed by atoms with E-state index in [1.165, 1.54) is 0 Å². The second-order valence-corrected chi connectivity index (χ2v) is 6.61. The van der Waals surface area contributed by atoms with Crippen molar-refractivity contribution in [3.8, 4) is 6.07 Å². The molecule has 0 radical (unpaired) electrons. The largest absolute Gasteiger partial charge is 0.448 e. The van der Waals surface area contributed by atoms with Crippen molar-refractivity contribution in [2.75, 3.05) is 12.1 Å². The predicted molar refractivity (Wildman–Crippen MR) is 72.1 cm³/mol. The third-order valence-electron chi connectivity index (χ3n) is 2.28. The number of nitrogen functional groups attached to an aromatic ring is 1. The number of aromatic nitrogens is 1. The van der Waals surface area contributed by atoms with E-state index in [1.54, 1.807) is 0 Å². The molecule has 20 heavy (non-hydrogen) atoms. The van der Waals surface area contributed by atoms with Gasteiger partial charge >= 0.3 is 13.6 Å². The van der Waals surface area contributed by atoms with Crippen LogP contribution in [0.15, 0.2) is 0 Å². The van der Waals surface area contributed by atoms with E-state index < -0.39 is 25.8 Å². The lowest BCUT2D eigenvalue weighted by Crippen LogP contribution is -2.11. The third-order valence-corrected chi connectivity index (χ3v) is 3.74. The highest BCUT2D eigenvalue weighted by atomic mass is 32.1. The lowest BCUT2D eigenvalue weighted by molar-refractivity contribution is 0.0542. The van der Waals surface area contributed by atoms with Gasteiger partial charge in [-0.2, -0.15) is 5.26 Å². The van der Waals surface area contributed by atoms with Crippen LogP contribution in [0.2, 0.25) is 0 Å². The number of esters is 1. The molecule has 1 atom stereocenters. The molecule has 0 fully saturated rings. The molecule has 0 saturated heterocycles. The first-order valence-corrected chi connectivity index (χ1v) is 8.27. The zero-order valence-electron chi connectivity index (χ0n) is 10.6. The van der Waals surface area contributed by atoms with Gasteiger partial charge in [0.1, 0.15) is 0 Å². The summed E-state index contributed by atoms with van der Waals surface area (Å²) >= 11 is 0.998. The Balaban J connectivity index is 2.98. The molecule has 4 N–H and O–H groups in total. The van der Waals surface area contributed by atoms with Gasteiger partial charge in [-0.1, -0.05) is 13.3 Å². The van der Waals surface area contributed by atoms with Crippen LogP contribution in [-0.2, 0) is 9.30 Å². The number of nitriles is 1. The summed E-state index contributed by atoms with van der Waals surface area (Å²) in [5.74, 6) is -1.54. The van der Waals surface area contributed by atoms with Gasteiger partial charge in [-0.3, -0.25) is 4.57 Å². The molecule has 0 aliphatic heterocycles. The van der Waals surface area contributed by atoms with Crippen LogP contribution >= 0.6 is 18.9 Å². The number of ether oxygens (including phenoxy) is 1. The molecule has 0 aliphatic carbocycles. The van der Waals surface area contributed by atoms with Gasteiger partial charge in [0.25, 0.3) is 0 Å². The van der Waals surface area contributed by atoms with Crippen molar-refractivity contribution in [2.45, 2.75) is 25.7 Å². The Morgan fingerprint density at radius 2 is 2.30 bits per heavy atom. The molecule has 0 aliphatic rings. The molecule has 0 amide bonds. The van der Waals surface area contributed by atoms with Crippen molar-refractivity contribution in [1.29, 1.82) is 5.26 Å². The van der Waals surface area contributed by atoms with E-state index in [9.17, 15) is 9.36 Å². The zero-order chi connectivity index (χ0) is 15.3. The normalized spacial score (nSPS) is 12.7. The Kier molecular flexibility index (Phi) is 5.65. The van der Waals surface area contributed by atoms with Crippen molar-refractivity contribution in [2.24, 2.45) is 0 Å². The number of hydrogen-bond donors (Lipinski definition) is 3. The molecule has 110 valence electrons. The summed E-state index contributed by atoms with van der Waals surface area (Å²) in [4.78, 5) is 33.2. The van der Waals surface area contributed by atoms with Crippen LogP contribution in [0, 0.1) is 11.3 Å². The van der Waals surface area contributed by atoms with Crippen LogP contribution < -0.4 is 5.73 Å². The maximum absolute atomic E-state index is 11.8. The lowest BCUT2D eigenvalue weighted by atomic mass is 10.0. The van der Waals surface area contributed by atoms with E-state index in [4.69, 9.17) is 20.8 Å². The Morgan fingerprint density at radius 3 is 2.80 bits per heavy atom. The monoisotopic (exact) mass is 319 g/mol. The molecule has 1 unspecified atom stereocenters. The molecule has 1 aromatic rings. The highest BCUT2D eigenvalue weighted by Crippen LogP contribution is 2.36. The SMILES string of the molecule is CCCC(C#N)c1sc(N)nc1C(=O)OCP(=O)(O)O. The van der Waals surface area contributed by atoms with Crippen LogP contribution in [0.5, 0.6) is 0 Å². The highest BCUT2D eigenvalue weighted by Gasteiger charge is 2.26. The van der Waals surface area contributed by atoms with Crippen molar-refractivity contribution in [3.05, 3.63) is 10.6 Å². The van der Waals surface area contributed by atoms with Crippen LogP contribution in [-0.4, -0.2) is 27.1 Å². The molecular formula is C10H14N3O5PS. The van der Waals surface area contributed by atoms with E-state index in [-0.39, 0.29) is 10.8 Å². The van der Waals surface area contributed by atoms with Crippen LogP contribution in [0.4, 0.5) is 5.13 Å². The molecule has 0 bridgehead atoms. The van der Waals surface area contributed by atoms with Gasteiger partial charge in [-0.05, 0) is 6.42 Å². The average molecular weight is 319 g/mol. The number of carbonyl (C=O) groups excluding carboxylic acids is 1. The Labute approximate surface area is 119 Å². The van der Waals surface area contributed by atoms with E-state index in [0.717, 1.165) is 17.8 Å². The minimum absolute atomic E-state index is 0.0967. The maximum atomic E-state index is 11.8. The minimum atomic E-state index is -4.46. The Hall–Kier alpha value is -1.46. The second kappa shape index (κ2) is 6.81. The number of hydrogen-bond acceptors (Lipinski definition) is 7. The number of rotatable bonds is 6. The Bertz CT molecular complexity index is 576. The third kappa shape index (κ3) is 4.58. The van der Waals surface area contributed by atoms with Gasteiger partial charge in [0.15, 0.2) is 17.2 Å². The van der Waals surface area contributed by atoms with E-state index in [2.05, 4.69) is 15.8 Å². The van der Waals surface area contributed by atoms with Crippen molar-refractivity contribution < 1.29 is 23.9 Å². The van der Waals surface area contributed by atoms with Crippen molar-refractivity contribution >= 4 is 30.0 Å². The van der Waals surface area contributed by atoms with Gasteiger partial charge in [0.2, 0.25) is 0 Å². The smallest absolute Gasteiger partial charge is 0.362 e. The van der Waals surface area contributed by atoms with Gasteiger partial charge in [-0.25, -0.2) is 9.78 Å². The second-order valence-electron chi connectivity index (χ2n) is 3.96. The molecule has 8 nitrogen and oxygen atoms in total. The standard InChI is InChI=1S/C10H14N3O5PS/c1-2-3-6(4-11)8-7(13-10(12)20-8)9(14)18-5-19(15,16)17/h6H,2-3,5H2,1H3,(H2,12,13)(H2,15,16,17). The first kappa shape index (κ1) is 16.6. The van der Waals surface area contributed by atoms with Gasteiger partial charge in [-0.15, -0.1) is 11.3 Å². The fraction of sp³-hybridized carbons (Fsp3) is 0.500. The minimum Gasteiger partial charge on any atom is -0.448 e. The number of nitrogens with two attached hydrogens (primary N) is 1.